The highest BCUT2D eigenvalue weighted by Gasteiger charge is 2.49. The van der Waals surface area contributed by atoms with Crippen molar-refractivity contribution in [3.8, 4) is 5.69 Å². The summed E-state index contributed by atoms with van der Waals surface area (Å²) in [4.78, 5) is 31.5. The fourth-order valence-electron chi connectivity index (χ4n) is 6.35. The Morgan fingerprint density at radius 2 is 1.79 bits per heavy atom. The number of rotatable bonds is 11. The molecule has 1 N–H and O–H groups in total. The summed E-state index contributed by atoms with van der Waals surface area (Å²) < 4.78 is 2.02. The van der Waals surface area contributed by atoms with Crippen molar-refractivity contribution in [3.05, 3.63) is 47.3 Å². The standard InChI is InChI=1S/C31H47N5O2/c1-6-19-35-29(37)28(21-25-14-10-8-11-15-25)32-30(38)31(35,5)18-20-34(7-2)22-27-23(3)33-36(24(27)4)26-16-12-9-13-17-26/h9,12-13,16-17,25,28H,6-8,10-11,14-15,18-22H2,1-5H3,(H,32,38)/t28-,31?/m1/s1. The number of aromatic nitrogens is 2. The molecule has 2 fully saturated rings. The van der Waals surface area contributed by atoms with Crippen LogP contribution in [0.3, 0.4) is 0 Å². The number of nitrogens with one attached hydrogen (secondary N) is 1. The molecular weight excluding hydrogens is 474 g/mol. The van der Waals surface area contributed by atoms with Crippen LogP contribution in [0.5, 0.6) is 0 Å². The van der Waals surface area contributed by atoms with Crippen LogP contribution in [-0.4, -0.2) is 62.6 Å². The molecule has 0 spiro atoms. The topological polar surface area (TPSA) is 70.5 Å². The maximum absolute atomic E-state index is 13.7. The van der Waals surface area contributed by atoms with E-state index in [1.165, 1.54) is 37.7 Å². The number of piperazine rings is 1. The van der Waals surface area contributed by atoms with Crippen LogP contribution in [0.4, 0.5) is 0 Å². The van der Waals surface area contributed by atoms with Crippen molar-refractivity contribution < 1.29 is 9.59 Å². The smallest absolute Gasteiger partial charge is 0.246 e. The molecule has 4 rings (SSSR count). The maximum atomic E-state index is 13.7. The average Bonchev–Trinajstić information content (AvgIpc) is 3.21. The summed E-state index contributed by atoms with van der Waals surface area (Å²) in [6.07, 6.45) is 8.37. The normalized spacial score (nSPS) is 22.8. The third-order valence-corrected chi connectivity index (χ3v) is 8.88. The number of carbonyl (C=O) groups excluding carboxylic acids is 2. The van der Waals surface area contributed by atoms with E-state index in [0.717, 1.165) is 49.6 Å². The number of amides is 2. The first-order chi connectivity index (χ1) is 18.3. The van der Waals surface area contributed by atoms with Gasteiger partial charge >= 0.3 is 0 Å². The zero-order valence-electron chi connectivity index (χ0n) is 24.1. The molecular formula is C31H47N5O2. The summed E-state index contributed by atoms with van der Waals surface area (Å²) in [7, 11) is 0. The van der Waals surface area contributed by atoms with Gasteiger partial charge in [-0.3, -0.25) is 14.5 Å². The van der Waals surface area contributed by atoms with E-state index in [1.807, 2.05) is 34.7 Å². The molecule has 208 valence electrons. The Balaban J connectivity index is 1.46. The molecule has 2 aliphatic rings. The van der Waals surface area contributed by atoms with Gasteiger partial charge in [-0.15, -0.1) is 0 Å². The van der Waals surface area contributed by atoms with E-state index in [-0.39, 0.29) is 17.9 Å². The maximum Gasteiger partial charge on any atom is 0.246 e. The van der Waals surface area contributed by atoms with Crippen LogP contribution in [0.15, 0.2) is 30.3 Å². The number of para-hydroxylation sites is 1. The first-order valence-corrected chi connectivity index (χ1v) is 14.7. The van der Waals surface area contributed by atoms with Gasteiger partial charge in [0.05, 0.1) is 11.4 Å². The van der Waals surface area contributed by atoms with Gasteiger partial charge in [0.25, 0.3) is 0 Å². The van der Waals surface area contributed by atoms with E-state index in [1.54, 1.807) is 0 Å². The first-order valence-electron chi connectivity index (χ1n) is 14.7. The van der Waals surface area contributed by atoms with E-state index >= 15 is 0 Å². The molecule has 2 amide bonds. The lowest BCUT2D eigenvalue weighted by Crippen LogP contribution is -2.70. The zero-order chi connectivity index (χ0) is 27.3. The number of hydrogen-bond donors (Lipinski definition) is 1. The monoisotopic (exact) mass is 521 g/mol. The molecule has 2 aromatic rings. The van der Waals surface area contributed by atoms with Gasteiger partial charge in [-0.2, -0.15) is 5.10 Å². The van der Waals surface area contributed by atoms with Gasteiger partial charge in [0.15, 0.2) is 0 Å². The highest BCUT2D eigenvalue weighted by molar-refractivity contribution is 5.99. The van der Waals surface area contributed by atoms with Crippen LogP contribution in [0, 0.1) is 19.8 Å². The van der Waals surface area contributed by atoms with Crippen LogP contribution < -0.4 is 5.32 Å². The van der Waals surface area contributed by atoms with Gasteiger partial charge in [0.2, 0.25) is 11.8 Å². The summed E-state index contributed by atoms with van der Waals surface area (Å²) in [5.74, 6) is 0.662. The summed E-state index contributed by atoms with van der Waals surface area (Å²) in [6.45, 7) is 13.4. The Kier molecular flexibility index (Phi) is 9.29. The predicted octanol–water partition coefficient (Wildman–Crippen LogP) is 5.17. The van der Waals surface area contributed by atoms with Crippen LogP contribution in [0.1, 0.15) is 89.1 Å². The summed E-state index contributed by atoms with van der Waals surface area (Å²) in [5, 5.41) is 7.98. The number of benzene rings is 1. The van der Waals surface area contributed by atoms with Crippen LogP contribution in [0.2, 0.25) is 0 Å². The van der Waals surface area contributed by atoms with E-state index in [0.29, 0.717) is 18.9 Å². The molecule has 1 aromatic carbocycles. The van der Waals surface area contributed by atoms with Crippen molar-refractivity contribution in [2.24, 2.45) is 5.92 Å². The molecule has 1 aliphatic carbocycles. The molecule has 1 unspecified atom stereocenters. The average molecular weight is 522 g/mol. The molecule has 7 nitrogen and oxygen atoms in total. The Hall–Kier alpha value is -2.67. The number of hydrogen-bond acceptors (Lipinski definition) is 4. The molecule has 0 bridgehead atoms. The first kappa shape index (κ1) is 28.3. The van der Waals surface area contributed by atoms with Gasteiger partial charge in [-0.05, 0) is 64.6 Å². The largest absolute Gasteiger partial charge is 0.342 e. The third kappa shape index (κ3) is 5.98. The second kappa shape index (κ2) is 12.5. The second-order valence-electron chi connectivity index (χ2n) is 11.5. The minimum Gasteiger partial charge on any atom is -0.342 e. The lowest BCUT2D eigenvalue weighted by Gasteiger charge is -2.47. The van der Waals surface area contributed by atoms with E-state index in [4.69, 9.17) is 5.10 Å². The van der Waals surface area contributed by atoms with Crippen molar-refractivity contribution in [1.82, 2.24) is 24.9 Å². The molecule has 38 heavy (non-hydrogen) atoms. The predicted molar refractivity (Wildman–Crippen MR) is 152 cm³/mol. The van der Waals surface area contributed by atoms with E-state index in [2.05, 4.69) is 50.0 Å². The molecule has 1 saturated heterocycles. The highest BCUT2D eigenvalue weighted by Crippen LogP contribution is 2.32. The van der Waals surface area contributed by atoms with Gasteiger partial charge in [-0.25, -0.2) is 4.68 Å². The number of aryl methyl sites for hydroxylation is 1. The number of carbonyl (C=O) groups is 2. The van der Waals surface area contributed by atoms with Crippen molar-refractivity contribution in [2.75, 3.05) is 19.6 Å². The Bertz CT molecular complexity index is 1090. The van der Waals surface area contributed by atoms with Crippen molar-refractivity contribution >= 4 is 11.8 Å². The van der Waals surface area contributed by atoms with Gasteiger partial charge in [0, 0.05) is 30.9 Å². The SMILES string of the molecule is CCCN1C(=O)[C@@H](CC2CCCCC2)NC(=O)C1(C)CCN(CC)Cc1c(C)nn(-c2ccccc2)c1C. The lowest BCUT2D eigenvalue weighted by atomic mass is 9.82. The van der Waals surface area contributed by atoms with Gasteiger partial charge in [-0.1, -0.05) is 64.2 Å². The van der Waals surface area contributed by atoms with E-state index in [9.17, 15) is 9.59 Å². The Morgan fingerprint density at radius 1 is 1.08 bits per heavy atom. The molecule has 1 aromatic heterocycles. The van der Waals surface area contributed by atoms with Crippen molar-refractivity contribution in [2.45, 2.75) is 104 Å². The van der Waals surface area contributed by atoms with Gasteiger partial charge < -0.3 is 10.2 Å². The Morgan fingerprint density at radius 3 is 2.45 bits per heavy atom. The zero-order valence-corrected chi connectivity index (χ0v) is 24.1. The number of nitrogens with zero attached hydrogens (tertiary/aromatic N) is 4. The van der Waals surface area contributed by atoms with Gasteiger partial charge in [0.1, 0.15) is 11.6 Å². The van der Waals surface area contributed by atoms with Crippen LogP contribution >= 0.6 is 0 Å². The summed E-state index contributed by atoms with van der Waals surface area (Å²) >= 11 is 0. The molecule has 0 radical (unpaired) electrons. The fourth-order valence-corrected chi connectivity index (χ4v) is 6.35. The second-order valence-corrected chi connectivity index (χ2v) is 11.5. The minimum atomic E-state index is -0.831. The summed E-state index contributed by atoms with van der Waals surface area (Å²) in [6, 6.07) is 9.85. The Labute approximate surface area is 229 Å². The fraction of sp³-hybridized carbons (Fsp3) is 0.645. The molecule has 1 aliphatic heterocycles. The minimum absolute atomic E-state index is 0.00618. The molecule has 2 atom stereocenters. The van der Waals surface area contributed by atoms with Crippen LogP contribution in [0.25, 0.3) is 5.69 Å². The van der Waals surface area contributed by atoms with Crippen molar-refractivity contribution in [3.63, 3.8) is 0 Å². The van der Waals surface area contributed by atoms with E-state index < -0.39 is 5.54 Å². The van der Waals surface area contributed by atoms with Crippen LogP contribution in [-0.2, 0) is 16.1 Å². The molecule has 1 saturated carbocycles. The summed E-state index contributed by atoms with van der Waals surface area (Å²) in [5.41, 5.74) is 3.62. The molecule has 2 heterocycles. The van der Waals surface area contributed by atoms with Crippen molar-refractivity contribution in [1.29, 1.82) is 0 Å². The quantitative estimate of drug-likeness (QED) is 0.443. The highest BCUT2D eigenvalue weighted by atomic mass is 16.2. The molecule has 7 heteroatoms. The lowest BCUT2D eigenvalue weighted by molar-refractivity contribution is -0.157. The third-order valence-electron chi connectivity index (χ3n) is 8.88.